The first-order valence-corrected chi connectivity index (χ1v) is 10.7. The fourth-order valence-corrected chi connectivity index (χ4v) is 3.91. The van der Waals surface area contributed by atoms with Crippen LogP contribution in [0, 0.1) is 0 Å². The zero-order chi connectivity index (χ0) is 20.4. The van der Waals surface area contributed by atoms with Gasteiger partial charge in [0.15, 0.2) is 15.6 Å². The molecule has 0 saturated heterocycles. The Morgan fingerprint density at radius 3 is 2.17 bits per heavy atom. The maximum atomic E-state index is 12.3. The summed E-state index contributed by atoms with van der Waals surface area (Å²) >= 11 is 0. The molecule has 7 heteroatoms. The predicted octanol–water partition coefficient (Wildman–Crippen LogP) is 4.65. The second-order valence-electron chi connectivity index (χ2n) is 6.85. The van der Waals surface area contributed by atoms with Crippen LogP contribution in [0.4, 0.5) is 0 Å². The summed E-state index contributed by atoms with van der Waals surface area (Å²) < 4.78 is 30.0. The lowest BCUT2D eigenvalue weighted by Gasteiger charge is -2.08. The molecule has 0 N–H and O–H groups in total. The molecule has 2 heterocycles. The van der Waals surface area contributed by atoms with E-state index in [-0.39, 0.29) is 0 Å². The quantitative estimate of drug-likeness (QED) is 0.480. The molecule has 4 aromatic rings. The monoisotopic (exact) mass is 405 g/mol. The van der Waals surface area contributed by atoms with Gasteiger partial charge in [-0.1, -0.05) is 47.6 Å². The Hall–Kier alpha value is -3.32. The Morgan fingerprint density at radius 2 is 1.48 bits per heavy atom. The van der Waals surface area contributed by atoms with Crippen molar-refractivity contribution in [2.75, 3.05) is 0 Å². The third kappa shape index (κ3) is 3.82. The summed E-state index contributed by atoms with van der Waals surface area (Å²) in [6, 6.07) is 18.2. The average Bonchev–Trinajstić information content (AvgIpc) is 3.25. The van der Waals surface area contributed by atoms with E-state index in [0.717, 1.165) is 16.8 Å². The highest BCUT2D eigenvalue weighted by Gasteiger charge is 2.19. The molecule has 0 saturated carbocycles. The van der Waals surface area contributed by atoms with Crippen molar-refractivity contribution in [3.8, 4) is 34.0 Å². The van der Waals surface area contributed by atoms with Gasteiger partial charge in [0.1, 0.15) is 11.4 Å². The lowest BCUT2D eigenvalue weighted by molar-refractivity contribution is 0.433. The standard InChI is InChI=1S/C22H19N3O3S/c1-15(2)29(26,27)18-10-8-17(9-11-18)20-13-23-14-21(24-20)22-12-19(25-28-22)16-6-4-3-5-7-16/h3-15H,1-2H3. The third-order valence-corrected chi connectivity index (χ3v) is 6.74. The molecule has 2 aromatic carbocycles. The number of hydrogen-bond acceptors (Lipinski definition) is 6. The summed E-state index contributed by atoms with van der Waals surface area (Å²) in [7, 11) is -3.31. The minimum absolute atomic E-state index is 0.295. The fraction of sp³-hybridized carbons (Fsp3) is 0.136. The fourth-order valence-electron chi connectivity index (χ4n) is 2.85. The van der Waals surface area contributed by atoms with Crippen LogP contribution in [0.2, 0.25) is 0 Å². The van der Waals surface area contributed by atoms with Crippen molar-refractivity contribution in [3.63, 3.8) is 0 Å². The van der Waals surface area contributed by atoms with Gasteiger partial charge < -0.3 is 4.52 Å². The molecular formula is C22H19N3O3S. The molecule has 0 aliphatic rings. The summed E-state index contributed by atoms with van der Waals surface area (Å²) in [4.78, 5) is 9.15. The third-order valence-electron chi connectivity index (χ3n) is 4.57. The summed E-state index contributed by atoms with van der Waals surface area (Å²) in [6.07, 6.45) is 3.24. The van der Waals surface area contributed by atoms with E-state index in [4.69, 9.17) is 4.52 Å². The van der Waals surface area contributed by atoms with Gasteiger partial charge >= 0.3 is 0 Å². The topological polar surface area (TPSA) is 86.0 Å². The first kappa shape index (κ1) is 19.0. The number of hydrogen-bond donors (Lipinski definition) is 0. The van der Waals surface area contributed by atoms with Crippen LogP contribution in [0.5, 0.6) is 0 Å². The van der Waals surface area contributed by atoms with E-state index in [1.807, 2.05) is 36.4 Å². The number of sulfone groups is 1. The highest BCUT2D eigenvalue weighted by molar-refractivity contribution is 7.92. The Kier molecular flexibility index (Phi) is 4.98. The predicted molar refractivity (Wildman–Crippen MR) is 111 cm³/mol. The molecule has 0 amide bonds. The lowest BCUT2D eigenvalue weighted by atomic mass is 10.1. The van der Waals surface area contributed by atoms with Crippen LogP contribution in [0.3, 0.4) is 0 Å². The lowest BCUT2D eigenvalue weighted by Crippen LogP contribution is -2.13. The Bertz CT molecular complexity index is 1230. The molecule has 0 aliphatic heterocycles. The molecule has 2 aromatic heterocycles. The van der Waals surface area contributed by atoms with Gasteiger partial charge in [0, 0.05) is 17.2 Å². The van der Waals surface area contributed by atoms with Crippen molar-refractivity contribution in [2.45, 2.75) is 24.0 Å². The summed E-state index contributed by atoms with van der Waals surface area (Å²) in [6.45, 7) is 3.33. The van der Waals surface area contributed by atoms with Gasteiger partial charge in [0.2, 0.25) is 0 Å². The van der Waals surface area contributed by atoms with E-state index in [2.05, 4.69) is 15.1 Å². The van der Waals surface area contributed by atoms with Gasteiger partial charge in [0.05, 0.1) is 28.2 Å². The van der Waals surface area contributed by atoms with Crippen molar-refractivity contribution in [1.82, 2.24) is 15.1 Å². The molecule has 0 aliphatic carbocycles. The van der Waals surface area contributed by atoms with Crippen molar-refractivity contribution in [1.29, 1.82) is 0 Å². The molecular weight excluding hydrogens is 386 g/mol. The van der Waals surface area contributed by atoms with Gasteiger partial charge in [-0.25, -0.2) is 13.4 Å². The van der Waals surface area contributed by atoms with Gasteiger partial charge in [-0.05, 0) is 26.0 Å². The van der Waals surface area contributed by atoms with Crippen LogP contribution in [-0.2, 0) is 9.84 Å². The zero-order valence-corrected chi connectivity index (χ0v) is 16.8. The smallest absolute Gasteiger partial charge is 0.187 e. The molecule has 146 valence electrons. The largest absolute Gasteiger partial charge is 0.354 e. The first-order valence-electron chi connectivity index (χ1n) is 9.14. The molecule has 0 unspecified atom stereocenters. The number of rotatable bonds is 5. The van der Waals surface area contributed by atoms with Crippen LogP contribution in [0.1, 0.15) is 13.8 Å². The van der Waals surface area contributed by atoms with Crippen LogP contribution >= 0.6 is 0 Å². The number of nitrogens with zero attached hydrogens (tertiary/aromatic N) is 3. The Morgan fingerprint density at radius 1 is 0.828 bits per heavy atom. The van der Waals surface area contributed by atoms with E-state index >= 15 is 0 Å². The molecule has 0 spiro atoms. The minimum Gasteiger partial charge on any atom is -0.354 e. The van der Waals surface area contributed by atoms with Crippen molar-refractivity contribution < 1.29 is 12.9 Å². The maximum Gasteiger partial charge on any atom is 0.187 e. The van der Waals surface area contributed by atoms with Crippen LogP contribution in [-0.4, -0.2) is 28.8 Å². The van der Waals surface area contributed by atoms with Crippen molar-refractivity contribution >= 4 is 9.84 Å². The minimum atomic E-state index is -3.31. The second kappa shape index (κ2) is 7.60. The van der Waals surface area contributed by atoms with E-state index in [1.54, 1.807) is 50.5 Å². The zero-order valence-electron chi connectivity index (χ0n) is 16.0. The van der Waals surface area contributed by atoms with Gasteiger partial charge in [0.25, 0.3) is 0 Å². The molecule has 6 nitrogen and oxygen atoms in total. The van der Waals surface area contributed by atoms with Crippen LogP contribution in [0.25, 0.3) is 34.0 Å². The summed E-state index contributed by atoms with van der Waals surface area (Å²) in [5.41, 5.74) is 3.61. The maximum absolute atomic E-state index is 12.3. The number of aromatic nitrogens is 3. The van der Waals surface area contributed by atoms with Gasteiger partial charge in [-0.2, -0.15) is 0 Å². The highest BCUT2D eigenvalue weighted by atomic mass is 32.2. The van der Waals surface area contributed by atoms with Crippen LogP contribution < -0.4 is 0 Å². The Balaban J connectivity index is 1.64. The van der Waals surface area contributed by atoms with Crippen molar-refractivity contribution in [3.05, 3.63) is 73.1 Å². The highest BCUT2D eigenvalue weighted by Crippen LogP contribution is 2.27. The van der Waals surface area contributed by atoms with E-state index in [9.17, 15) is 8.42 Å². The van der Waals surface area contributed by atoms with E-state index < -0.39 is 15.1 Å². The first-order chi connectivity index (χ1) is 13.9. The molecule has 0 atom stereocenters. The molecule has 29 heavy (non-hydrogen) atoms. The average molecular weight is 405 g/mol. The van der Waals surface area contributed by atoms with E-state index in [0.29, 0.717) is 22.0 Å². The van der Waals surface area contributed by atoms with E-state index in [1.165, 1.54) is 0 Å². The second-order valence-corrected chi connectivity index (χ2v) is 9.35. The number of benzene rings is 2. The van der Waals surface area contributed by atoms with Crippen LogP contribution in [0.15, 0.2) is 82.5 Å². The molecule has 0 fully saturated rings. The molecule has 0 bridgehead atoms. The molecule has 0 radical (unpaired) electrons. The normalized spacial score (nSPS) is 11.7. The molecule has 4 rings (SSSR count). The van der Waals surface area contributed by atoms with Gasteiger partial charge in [-0.3, -0.25) is 4.98 Å². The van der Waals surface area contributed by atoms with Gasteiger partial charge in [-0.15, -0.1) is 0 Å². The summed E-state index contributed by atoms with van der Waals surface area (Å²) in [5, 5.41) is 3.64. The summed E-state index contributed by atoms with van der Waals surface area (Å²) in [5.74, 6) is 0.511. The van der Waals surface area contributed by atoms with Crippen molar-refractivity contribution in [2.24, 2.45) is 0 Å². The Labute approximate surface area is 169 Å². The SMILES string of the molecule is CC(C)S(=O)(=O)c1ccc(-c2cncc(-c3cc(-c4ccccc4)no3)n2)cc1.